The Bertz CT molecular complexity index is 646. The zero-order chi connectivity index (χ0) is 15.2. The zero-order valence-electron chi connectivity index (χ0n) is 11.6. The molecule has 0 unspecified atom stereocenters. The fraction of sp³-hybridized carbons (Fsp3) is 0.188. The van der Waals surface area contributed by atoms with Crippen molar-refractivity contribution in [2.45, 2.75) is 13.2 Å². The molecule has 2 aromatic carbocycles. The Kier molecular flexibility index (Phi) is 5.56. The monoisotopic (exact) mass is 321 g/mol. The predicted octanol–water partition coefficient (Wildman–Crippen LogP) is 3.70. The molecular weight excluding hydrogens is 306 g/mol. The first-order valence-electron chi connectivity index (χ1n) is 6.39. The lowest BCUT2D eigenvalue weighted by Crippen LogP contribution is -2.09. The van der Waals surface area contributed by atoms with E-state index in [1.807, 2.05) is 36.4 Å². The molecule has 110 valence electrons. The summed E-state index contributed by atoms with van der Waals surface area (Å²) in [5.41, 5.74) is 8.27. The minimum absolute atomic E-state index is 0.330. The van der Waals surface area contributed by atoms with Gasteiger partial charge in [0.1, 0.15) is 17.3 Å². The molecule has 2 N–H and O–H groups in total. The quantitative estimate of drug-likeness (QED) is 0.824. The molecule has 0 spiro atoms. The highest BCUT2D eigenvalue weighted by atomic mass is 35.5. The molecule has 0 aliphatic rings. The van der Waals surface area contributed by atoms with Gasteiger partial charge in [-0.05, 0) is 23.8 Å². The maximum atomic E-state index is 6.21. The highest BCUT2D eigenvalue weighted by Gasteiger charge is 2.05. The van der Waals surface area contributed by atoms with E-state index in [9.17, 15) is 0 Å². The number of nitrogens with two attached hydrogens (primary N) is 1. The van der Waals surface area contributed by atoms with Crippen molar-refractivity contribution in [2.75, 3.05) is 7.11 Å². The number of thiocarbonyl (C=S) groups is 1. The van der Waals surface area contributed by atoms with Gasteiger partial charge >= 0.3 is 0 Å². The van der Waals surface area contributed by atoms with E-state index >= 15 is 0 Å². The highest BCUT2D eigenvalue weighted by molar-refractivity contribution is 7.80. The third-order valence-electron chi connectivity index (χ3n) is 2.94. The van der Waals surface area contributed by atoms with Gasteiger partial charge < -0.3 is 15.2 Å². The normalized spacial score (nSPS) is 10.4. The van der Waals surface area contributed by atoms with Crippen molar-refractivity contribution in [1.82, 2.24) is 0 Å². The van der Waals surface area contributed by atoms with Crippen LogP contribution in [-0.4, -0.2) is 12.1 Å². The molecule has 0 radical (unpaired) electrons. The van der Waals surface area contributed by atoms with E-state index in [0.717, 1.165) is 22.4 Å². The minimum atomic E-state index is 0.330. The van der Waals surface area contributed by atoms with Crippen molar-refractivity contribution in [1.29, 1.82) is 0 Å². The van der Waals surface area contributed by atoms with Gasteiger partial charge in [0.05, 0.1) is 6.61 Å². The largest absolute Gasteiger partial charge is 0.489 e. The lowest BCUT2D eigenvalue weighted by molar-refractivity contribution is 0.184. The van der Waals surface area contributed by atoms with Gasteiger partial charge in [-0.3, -0.25) is 0 Å². The standard InChI is InChI=1S/C16H16ClNO2S/c1-19-9-11-3-2-4-14(7-11)20-10-13-6-5-12(16(18)21)8-15(13)17/h2-8H,9-10H2,1H3,(H2,18,21). The zero-order valence-corrected chi connectivity index (χ0v) is 13.2. The maximum Gasteiger partial charge on any atom is 0.120 e. The number of methoxy groups -OCH3 is 1. The number of hydrogen-bond acceptors (Lipinski definition) is 3. The second-order valence-electron chi connectivity index (χ2n) is 4.54. The number of rotatable bonds is 6. The van der Waals surface area contributed by atoms with Gasteiger partial charge in [-0.25, -0.2) is 0 Å². The van der Waals surface area contributed by atoms with Crippen molar-refractivity contribution >= 4 is 28.8 Å². The van der Waals surface area contributed by atoms with Crippen LogP contribution in [0.25, 0.3) is 0 Å². The molecule has 0 heterocycles. The molecule has 21 heavy (non-hydrogen) atoms. The van der Waals surface area contributed by atoms with Crippen LogP contribution in [0.4, 0.5) is 0 Å². The van der Waals surface area contributed by atoms with Gasteiger partial charge in [-0.1, -0.05) is 48.1 Å². The smallest absolute Gasteiger partial charge is 0.120 e. The van der Waals surface area contributed by atoms with Gasteiger partial charge in [0.25, 0.3) is 0 Å². The molecule has 3 nitrogen and oxygen atoms in total. The van der Waals surface area contributed by atoms with E-state index in [1.165, 1.54) is 0 Å². The molecule has 5 heteroatoms. The van der Waals surface area contributed by atoms with Crippen LogP contribution in [0.15, 0.2) is 42.5 Å². The van der Waals surface area contributed by atoms with Crippen molar-refractivity contribution < 1.29 is 9.47 Å². The van der Waals surface area contributed by atoms with Crippen molar-refractivity contribution in [3.05, 3.63) is 64.2 Å². The van der Waals surface area contributed by atoms with Gasteiger partial charge in [-0.15, -0.1) is 0 Å². The Balaban J connectivity index is 2.06. The van der Waals surface area contributed by atoms with E-state index in [0.29, 0.717) is 23.2 Å². The topological polar surface area (TPSA) is 44.5 Å². The summed E-state index contributed by atoms with van der Waals surface area (Å²) in [6.45, 7) is 0.938. The van der Waals surface area contributed by atoms with Crippen LogP contribution in [0, 0.1) is 0 Å². The summed E-state index contributed by atoms with van der Waals surface area (Å²) in [5.74, 6) is 0.777. The molecular formula is C16H16ClNO2S. The number of hydrogen-bond donors (Lipinski definition) is 1. The molecule has 0 aromatic heterocycles. The first-order valence-corrected chi connectivity index (χ1v) is 7.17. The summed E-state index contributed by atoms with van der Waals surface area (Å²) in [5, 5.41) is 0.591. The van der Waals surface area contributed by atoms with Gasteiger partial charge in [0.15, 0.2) is 0 Å². The van der Waals surface area contributed by atoms with Gasteiger partial charge in [0, 0.05) is 23.3 Å². The summed E-state index contributed by atoms with van der Waals surface area (Å²) < 4.78 is 10.9. The summed E-state index contributed by atoms with van der Waals surface area (Å²) in [6.07, 6.45) is 0. The molecule has 0 fully saturated rings. The first-order chi connectivity index (χ1) is 10.1. The first kappa shape index (κ1) is 15.8. The Hall–Kier alpha value is -1.62. The fourth-order valence-corrected chi connectivity index (χ4v) is 2.23. The average molecular weight is 322 g/mol. The summed E-state index contributed by atoms with van der Waals surface area (Å²) in [4.78, 5) is 0.330. The molecule has 0 amide bonds. The van der Waals surface area contributed by atoms with Crippen LogP contribution < -0.4 is 10.5 Å². The fourth-order valence-electron chi connectivity index (χ4n) is 1.87. The molecule has 0 bridgehead atoms. The van der Waals surface area contributed by atoms with Crippen LogP contribution in [-0.2, 0) is 18.0 Å². The van der Waals surface area contributed by atoms with E-state index in [-0.39, 0.29) is 0 Å². The van der Waals surface area contributed by atoms with Crippen LogP contribution in [0.3, 0.4) is 0 Å². The molecule has 0 saturated heterocycles. The predicted molar refractivity (Wildman–Crippen MR) is 88.8 cm³/mol. The molecule has 0 aliphatic heterocycles. The molecule has 2 rings (SSSR count). The molecule has 0 saturated carbocycles. The Morgan fingerprint density at radius 2 is 2.00 bits per heavy atom. The minimum Gasteiger partial charge on any atom is -0.489 e. The number of benzene rings is 2. The summed E-state index contributed by atoms with van der Waals surface area (Å²) >= 11 is 11.1. The van der Waals surface area contributed by atoms with E-state index in [2.05, 4.69) is 0 Å². The molecule has 0 aliphatic carbocycles. The van der Waals surface area contributed by atoms with Crippen LogP contribution >= 0.6 is 23.8 Å². The van der Waals surface area contributed by atoms with E-state index < -0.39 is 0 Å². The van der Waals surface area contributed by atoms with Crippen LogP contribution in [0.5, 0.6) is 5.75 Å². The summed E-state index contributed by atoms with van der Waals surface area (Å²) in [6, 6.07) is 13.2. The summed E-state index contributed by atoms with van der Waals surface area (Å²) in [7, 11) is 1.66. The van der Waals surface area contributed by atoms with E-state index in [4.69, 9.17) is 39.0 Å². The van der Waals surface area contributed by atoms with Crippen LogP contribution in [0.1, 0.15) is 16.7 Å². The Labute approximate surface area is 134 Å². The second kappa shape index (κ2) is 7.41. The second-order valence-corrected chi connectivity index (χ2v) is 5.39. The van der Waals surface area contributed by atoms with Crippen molar-refractivity contribution in [3.63, 3.8) is 0 Å². The molecule has 2 aromatic rings. The van der Waals surface area contributed by atoms with E-state index in [1.54, 1.807) is 13.2 Å². The number of halogens is 1. The van der Waals surface area contributed by atoms with Gasteiger partial charge in [-0.2, -0.15) is 0 Å². The third kappa shape index (κ3) is 4.43. The Morgan fingerprint density at radius 1 is 1.19 bits per heavy atom. The van der Waals surface area contributed by atoms with Crippen molar-refractivity contribution in [3.8, 4) is 5.75 Å². The Morgan fingerprint density at radius 3 is 2.67 bits per heavy atom. The maximum absolute atomic E-state index is 6.21. The van der Waals surface area contributed by atoms with Crippen molar-refractivity contribution in [2.24, 2.45) is 5.73 Å². The third-order valence-corrected chi connectivity index (χ3v) is 3.53. The lowest BCUT2D eigenvalue weighted by atomic mass is 10.1. The van der Waals surface area contributed by atoms with Gasteiger partial charge in [0.2, 0.25) is 0 Å². The highest BCUT2D eigenvalue weighted by Crippen LogP contribution is 2.21. The van der Waals surface area contributed by atoms with Crippen LogP contribution in [0.2, 0.25) is 5.02 Å². The SMILES string of the molecule is COCc1cccc(OCc2ccc(C(N)=S)cc2Cl)c1. The lowest BCUT2D eigenvalue weighted by Gasteiger charge is -2.10. The number of ether oxygens (including phenoxy) is 2. The molecule has 0 atom stereocenters. The average Bonchev–Trinajstić information content (AvgIpc) is 2.46.